The average molecular weight is 401 g/mol. The van der Waals surface area contributed by atoms with Crippen molar-refractivity contribution in [2.45, 2.75) is 30.4 Å². The highest BCUT2D eigenvalue weighted by Crippen LogP contribution is 2.18. The Labute approximate surface area is 167 Å². The van der Waals surface area contributed by atoms with E-state index in [0.29, 0.717) is 18.7 Å². The van der Waals surface area contributed by atoms with Gasteiger partial charge in [-0.05, 0) is 50.1 Å². The second kappa shape index (κ2) is 8.88. The maximum Gasteiger partial charge on any atom is 0.253 e. The van der Waals surface area contributed by atoms with Gasteiger partial charge in [-0.1, -0.05) is 30.3 Å². The number of carbonyl (C=O) groups excluding carboxylic acids is 1. The second-order valence-corrected chi connectivity index (χ2v) is 9.99. The molecule has 3 rings (SSSR count). The van der Waals surface area contributed by atoms with E-state index in [9.17, 15) is 13.2 Å². The van der Waals surface area contributed by atoms with E-state index in [2.05, 4.69) is 29.2 Å². The van der Waals surface area contributed by atoms with E-state index in [-0.39, 0.29) is 10.8 Å². The molecule has 1 saturated heterocycles. The quantitative estimate of drug-likeness (QED) is 0.748. The van der Waals surface area contributed by atoms with Crippen molar-refractivity contribution in [1.29, 1.82) is 0 Å². The average Bonchev–Trinajstić information content (AvgIpc) is 2.73. The zero-order valence-corrected chi connectivity index (χ0v) is 17.4. The van der Waals surface area contributed by atoms with Gasteiger partial charge in [0.05, 0.1) is 10.1 Å². The number of hydrogen-bond acceptors (Lipinski definition) is 4. The molecule has 0 radical (unpaired) electrons. The van der Waals surface area contributed by atoms with Gasteiger partial charge in [0.15, 0.2) is 9.84 Å². The fourth-order valence-electron chi connectivity index (χ4n) is 3.35. The molecular weight excluding hydrogens is 372 g/mol. The van der Waals surface area contributed by atoms with Crippen molar-refractivity contribution in [1.82, 2.24) is 9.80 Å². The lowest BCUT2D eigenvalue weighted by atomic mass is 10.1. The van der Waals surface area contributed by atoms with Crippen molar-refractivity contribution in [3.05, 3.63) is 65.7 Å². The summed E-state index contributed by atoms with van der Waals surface area (Å²) in [6.45, 7) is 7.42. The van der Waals surface area contributed by atoms with E-state index < -0.39 is 15.1 Å². The molecule has 0 aliphatic carbocycles. The van der Waals surface area contributed by atoms with Crippen LogP contribution in [-0.4, -0.2) is 62.1 Å². The van der Waals surface area contributed by atoms with Crippen LogP contribution >= 0.6 is 0 Å². The molecule has 1 amide bonds. The summed E-state index contributed by atoms with van der Waals surface area (Å²) in [6.07, 6.45) is 1.01. The first-order valence-corrected chi connectivity index (χ1v) is 11.3. The highest BCUT2D eigenvalue weighted by atomic mass is 32.2. The van der Waals surface area contributed by atoms with Crippen molar-refractivity contribution in [2.75, 3.05) is 32.7 Å². The van der Waals surface area contributed by atoms with Crippen LogP contribution in [0.15, 0.2) is 59.5 Å². The summed E-state index contributed by atoms with van der Waals surface area (Å²) in [5.74, 6) is -0.0313. The topological polar surface area (TPSA) is 57.7 Å². The molecule has 6 heteroatoms. The van der Waals surface area contributed by atoms with Gasteiger partial charge in [0.2, 0.25) is 0 Å². The molecule has 1 fully saturated rings. The molecule has 0 spiro atoms. The van der Waals surface area contributed by atoms with E-state index in [1.807, 2.05) is 11.0 Å². The van der Waals surface area contributed by atoms with Gasteiger partial charge in [-0.25, -0.2) is 8.42 Å². The van der Waals surface area contributed by atoms with Crippen LogP contribution in [0.2, 0.25) is 0 Å². The number of amides is 1. The molecule has 2 aromatic carbocycles. The minimum Gasteiger partial charge on any atom is -0.336 e. The highest BCUT2D eigenvalue weighted by Gasteiger charge is 2.23. The third-order valence-electron chi connectivity index (χ3n) is 5.27. The number of sulfone groups is 1. The summed E-state index contributed by atoms with van der Waals surface area (Å²) < 4.78 is 24.4. The van der Waals surface area contributed by atoms with Crippen LogP contribution in [0.5, 0.6) is 0 Å². The summed E-state index contributed by atoms with van der Waals surface area (Å²) in [5, 5.41) is -0.474. The molecule has 5 nitrogen and oxygen atoms in total. The zero-order chi connectivity index (χ0) is 20.1. The van der Waals surface area contributed by atoms with Gasteiger partial charge in [0.1, 0.15) is 0 Å². The SMILES string of the molecule is CC(C)S(=O)(=O)c1ccc(C(=O)N2CCN(CCc3ccccc3)CC2)cc1. The molecule has 150 valence electrons. The van der Waals surface area contributed by atoms with Crippen molar-refractivity contribution in [2.24, 2.45) is 0 Å². The monoisotopic (exact) mass is 400 g/mol. The van der Waals surface area contributed by atoms with Crippen LogP contribution in [0, 0.1) is 0 Å². The van der Waals surface area contributed by atoms with Crippen LogP contribution in [0.4, 0.5) is 0 Å². The third kappa shape index (κ3) is 4.80. The predicted molar refractivity (Wildman–Crippen MR) is 111 cm³/mol. The number of carbonyl (C=O) groups is 1. The largest absolute Gasteiger partial charge is 0.336 e. The Morgan fingerprint density at radius 3 is 2.11 bits per heavy atom. The Kier molecular flexibility index (Phi) is 6.52. The molecule has 1 aliphatic heterocycles. The van der Waals surface area contributed by atoms with E-state index in [1.54, 1.807) is 38.1 Å². The Morgan fingerprint density at radius 1 is 0.929 bits per heavy atom. The lowest BCUT2D eigenvalue weighted by Gasteiger charge is -2.34. The molecule has 1 aliphatic rings. The molecular formula is C22H28N2O3S. The summed E-state index contributed by atoms with van der Waals surface area (Å²) in [6, 6.07) is 16.8. The third-order valence-corrected chi connectivity index (χ3v) is 7.44. The second-order valence-electron chi connectivity index (χ2n) is 7.49. The van der Waals surface area contributed by atoms with E-state index >= 15 is 0 Å². The predicted octanol–water partition coefficient (Wildman–Crippen LogP) is 2.87. The first kappa shape index (κ1) is 20.6. The first-order valence-electron chi connectivity index (χ1n) is 9.77. The molecule has 2 aromatic rings. The van der Waals surface area contributed by atoms with Crippen LogP contribution in [0.1, 0.15) is 29.8 Å². The number of rotatable bonds is 6. The van der Waals surface area contributed by atoms with Crippen LogP contribution in [0.3, 0.4) is 0 Å². The minimum atomic E-state index is -3.31. The first-order chi connectivity index (χ1) is 13.4. The molecule has 0 bridgehead atoms. The van der Waals surface area contributed by atoms with E-state index in [0.717, 1.165) is 26.1 Å². The fourth-order valence-corrected chi connectivity index (χ4v) is 4.41. The maximum atomic E-state index is 12.7. The molecule has 0 aromatic heterocycles. The fraction of sp³-hybridized carbons (Fsp3) is 0.409. The zero-order valence-electron chi connectivity index (χ0n) is 16.5. The van der Waals surface area contributed by atoms with Crippen LogP contribution in [-0.2, 0) is 16.3 Å². The Bertz CT molecular complexity index is 885. The van der Waals surface area contributed by atoms with Crippen LogP contribution in [0.25, 0.3) is 0 Å². The Balaban J connectivity index is 1.53. The molecule has 0 unspecified atom stereocenters. The Morgan fingerprint density at radius 2 is 1.54 bits per heavy atom. The Hall–Kier alpha value is -2.18. The summed E-state index contributed by atoms with van der Waals surface area (Å²) >= 11 is 0. The number of hydrogen-bond donors (Lipinski definition) is 0. The number of benzene rings is 2. The van der Waals surface area contributed by atoms with Crippen molar-refractivity contribution in [3.63, 3.8) is 0 Å². The lowest BCUT2D eigenvalue weighted by molar-refractivity contribution is 0.0638. The molecule has 0 N–H and O–H groups in total. The van der Waals surface area contributed by atoms with E-state index in [1.165, 1.54) is 5.56 Å². The van der Waals surface area contributed by atoms with Gasteiger partial charge in [-0.2, -0.15) is 0 Å². The van der Waals surface area contributed by atoms with Gasteiger partial charge in [0.25, 0.3) is 5.91 Å². The maximum absolute atomic E-state index is 12.7. The van der Waals surface area contributed by atoms with Crippen molar-refractivity contribution >= 4 is 15.7 Å². The summed E-state index contributed by atoms with van der Waals surface area (Å²) in [7, 11) is -3.31. The highest BCUT2D eigenvalue weighted by molar-refractivity contribution is 7.92. The lowest BCUT2D eigenvalue weighted by Crippen LogP contribution is -2.49. The van der Waals surface area contributed by atoms with Gasteiger partial charge in [-0.15, -0.1) is 0 Å². The van der Waals surface area contributed by atoms with Gasteiger partial charge < -0.3 is 4.90 Å². The minimum absolute atomic E-state index is 0.0313. The molecule has 0 saturated carbocycles. The summed E-state index contributed by atoms with van der Waals surface area (Å²) in [4.78, 5) is 17.2. The number of piperazine rings is 1. The summed E-state index contributed by atoms with van der Waals surface area (Å²) in [5.41, 5.74) is 1.87. The van der Waals surface area contributed by atoms with Crippen molar-refractivity contribution in [3.8, 4) is 0 Å². The van der Waals surface area contributed by atoms with Gasteiger partial charge in [0, 0.05) is 38.3 Å². The smallest absolute Gasteiger partial charge is 0.253 e. The van der Waals surface area contributed by atoms with Crippen LogP contribution < -0.4 is 0 Å². The van der Waals surface area contributed by atoms with Gasteiger partial charge >= 0.3 is 0 Å². The normalized spacial score (nSPS) is 15.8. The van der Waals surface area contributed by atoms with Crippen molar-refractivity contribution < 1.29 is 13.2 Å². The standard InChI is InChI=1S/C22H28N2O3S/c1-18(2)28(26,27)21-10-8-20(9-11-21)22(25)24-16-14-23(15-17-24)13-12-19-6-4-3-5-7-19/h3-11,18H,12-17H2,1-2H3. The van der Waals surface area contributed by atoms with Gasteiger partial charge in [-0.3, -0.25) is 9.69 Å². The molecule has 0 atom stereocenters. The van der Waals surface area contributed by atoms with E-state index in [4.69, 9.17) is 0 Å². The molecule has 1 heterocycles. The number of nitrogens with zero attached hydrogens (tertiary/aromatic N) is 2. The molecule has 28 heavy (non-hydrogen) atoms.